The van der Waals surface area contributed by atoms with Gasteiger partial charge in [-0.3, -0.25) is 4.79 Å². The summed E-state index contributed by atoms with van der Waals surface area (Å²) in [5.41, 5.74) is 0. The van der Waals surface area contributed by atoms with Crippen LogP contribution >= 0.6 is 0 Å². The number of hydrogen-bond acceptors (Lipinski definition) is 4. The van der Waals surface area contributed by atoms with Crippen LogP contribution in [0.5, 0.6) is 0 Å². The molecule has 1 amide bonds. The number of aliphatic hydroxyl groups excluding tert-OH is 1. The third-order valence-electron chi connectivity index (χ3n) is 0.906. The molecule has 0 saturated heterocycles. The summed E-state index contributed by atoms with van der Waals surface area (Å²) in [4.78, 5) is 19.7. The molecule has 5 heteroatoms. The number of nitrogens with one attached hydrogen (secondary N) is 1. The first kappa shape index (κ1) is 9.19. The molecule has 0 aromatic heterocycles. The standard InChI is InChI=1S/C5H10N2O3/c8-4-3-6-2-1-5(9)7-10/h6,8H,1-4H2. The Morgan fingerprint density at radius 3 is 2.70 bits per heavy atom. The molecule has 0 aliphatic heterocycles. The molecule has 0 spiro atoms. The highest BCUT2D eigenvalue weighted by Crippen LogP contribution is 1.80. The monoisotopic (exact) mass is 146 g/mol. The molecule has 0 bridgehead atoms. The van der Waals surface area contributed by atoms with Gasteiger partial charge in [-0.05, 0) is 0 Å². The average Bonchev–Trinajstić information content (AvgIpc) is 1.98. The minimum absolute atomic E-state index is 0.0305. The number of nitrogens with zero attached hydrogens (tertiary/aromatic N) is 1. The van der Waals surface area contributed by atoms with Crippen LogP contribution in [0.25, 0.3) is 0 Å². The van der Waals surface area contributed by atoms with Crippen molar-refractivity contribution in [2.75, 3.05) is 19.7 Å². The first-order valence-corrected chi connectivity index (χ1v) is 2.99. The van der Waals surface area contributed by atoms with Crippen LogP contribution in [0.2, 0.25) is 0 Å². The average molecular weight is 146 g/mol. The van der Waals surface area contributed by atoms with Gasteiger partial charge in [0.05, 0.1) is 6.61 Å². The summed E-state index contributed by atoms with van der Waals surface area (Å²) in [6, 6.07) is 0. The van der Waals surface area contributed by atoms with E-state index in [0.717, 1.165) is 0 Å². The van der Waals surface area contributed by atoms with Gasteiger partial charge in [0.2, 0.25) is 0 Å². The minimum atomic E-state index is -0.662. The first-order valence-electron chi connectivity index (χ1n) is 2.99. The van der Waals surface area contributed by atoms with Crippen LogP contribution in [0.15, 0.2) is 5.18 Å². The van der Waals surface area contributed by atoms with E-state index in [4.69, 9.17) is 5.11 Å². The van der Waals surface area contributed by atoms with Crippen LogP contribution in [0.4, 0.5) is 0 Å². The summed E-state index contributed by atoms with van der Waals surface area (Å²) >= 11 is 0. The Kier molecular flexibility index (Phi) is 5.80. The van der Waals surface area contributed by atoms with Crippen LogP contribution in [-0.4, -0.2) is 30.7 Å². The molecule has 0 aromatic rings. The van der Waals surface area contributed by atoms with Gasteiger partial charge in [0.25, 0.3) is 5.91 Å². The number of amides is 1. The fraction of sp³-hybridized carbons (Fsp3) is 0.800. The molecule has 0 aromatic carbocycles. The highest BCUT2D eigenvalue weighted by molar-refractivity contribution is 5.76. The smallest absolute Gasteiger partial charge is 0.287 e. The molecule has 0 unspecified atom stereocenters. The minimum Gasteiger partial charge on any atom is -0.395 e. The summed E-state index contributed by atoms with van der Waals surface area (Å²) in [6.45, 7) is 0.861. The van der Waals surface area contributed by atoms with Gasteiger partial charge in [-0.2, -0.15) is 0 Å². The molecule has 5 nitrogen and oxygen atoms in total. The van der Waals surface area contributed by atoms with E-state index in [1.807, 2.05) is 0 Å². The lowest BCUT2D eigenvalue weighted by Crippen LogP contribution is -2.20. The molecule has 0 atom stereocenters. The molecule has 10 heavy (non-hydrogen) atoms. The number of carbonyl (C=O) groups is 1. The van der Waals surface area contributed by atoms with Crippen LogP contribution < -0.4 is 5.32 Å². The Hall–Kier alpha value is -0.810. The van der Waals surface area contributed by atoms with Crippen molar-refractivity contribution in [1.82, 2.24) is 5.32 Å². The third kappa shape index (κ3) is 5.33. The Morgan fingerprint density at radius 1 is 1.50 bits per heavy atom. The number of nitroso groups, excluding NO2 is 1. The highest BCUT2D eigenvalue weighted by atomic mass is 16.3. The summed E-state index contributed by atoms with van der Waals surface area (Å²) in [5, 5.41) is 13.2. The molecule has 58 valence electrons. The second-order valence-electron chi connectivity index (χ2n) is 1.71. The predicted molar refractivity (Wildman–Crippen MR) is 35.4 cm³/mol. The molecule has 0 aliphatic carbocycles. The van der Waals surface area contributed by atoms with Crippen molar-refractivity contribution in [3.05, 3.63) is 4.91 Å². The van der Waals surface area contributed by atoms with Crippen molar-refractivity contribution in [1.29, 1.82) is 0 Å². The molecule has 0 fully saturated rings. The Morgan fingerprint density at radius 2 is 2.20 bits per heavy atom. The van der Waals surface area contributed by atoms with Crippen molar-refractivity contribution in [2.24, 2.45) is 5.18 Å². The molecular formula is C5H10N2O3. The quantitative estimate of drug-likeness (QED) is 0.395. The second-order valence-corrected chi connectivity index (χ2v) is 1.71. The van der Waals surface area contributed by atoms with E-state index in [-0.39, 0.29) is 13.0 Å². The summed E-state index contributed by atoms with van der Waals surface area (Å²) in [6.07, 6.45) is 0.101. The van der Waals surface area contributed by atoms with E-state index in [1.54, 1.807) is 0 Å². The maximum absolute atomic E-state index is 10.2. The van der Waals surface area contributed by atoms with Gasteiger partial charge in [-0.25, -0.2) is 0 Å². The van der Waals surface area contributed by atoms with Gasteiger partial charge in [0.15, 0.2) is 0 Å². The van der Waals surface area contributed by atoms with E-state index in [2.05, 4.69) is 10.5 Å². The van der Waals surface area contributed by atoms with E-state index in [9.17, 15) is 9.70 Å². The van der Waals surface area contributed by atoms with Gasteiger partial charge >= 0.3 is 0 Å². The number of carbonyl (C=O) groups excluding carboxylic acids is 1. The van der Waals surface area contributed by atoms with Crippen LogP contribution in [0, 0.1) is 4.91 Å². The second kappa shape index (κ2) is 6.31. The third-order valence-corrected chi connectivity index (χ3v) is 0.906. The highest BCUT2D eigenvalue weighted by Gasteiger charge is 1.97. The molecule has 0 heterocycles. The summed E-state index contributed by atoms with van der Waals surface area (Å²) < 4.78 is 0. The van der Waals surface area contributed by atoms with Gasteiger partial charge < -0.3 is 10.4 Å². The summed E-state index contributed by atoms with van der Waals surface area (Å²) in [7, 11) is 0. The topological polar surface area (TPSA) is 78.8 Å². The maximum atomic E-state index is 10.2. The van der Waals surface area contributed by atoms with Crippen molar-refractivity contribution in [3.8, 4) is 0 Å². The number of rotatable bonds is 5. The van der Waals surface area contributed by atoms with E-state index in [1.165, 1.54) is 0 Å². The van der Waals surface area contributed by atoms with Crippen molar-refractivity contribution in [3.63, 3.8) is 0 Å². The van der Waals surface area contributed by atoms with E-state index < -0.39 is 5.91 Å². The molecule has 0 aliphatic rings. The van der Waals surface area contributed by atoms with Gasteiger partial charge in [-0.1, -0.05) is 0 Å². The van der Waals surface area contributed by atoms with Crippen molar-refractivity contribution >= 4 is 5.91 Å². The van der Waals surface area contributed by atoms with Crippen LogP contribution in [-0.2, 0) is 4.79 Å². The molecule has 2 N–H and O–H groups in total. The Bertz CT molecular complexity index is 115. The Balaban J connectivity index is 3.03. The molecule has 0 saturated carbocycles. The predicted octanol–water partition coefficient (Wildman–Crippen LogP) is -0.749. The van der Waals surface area contributed by atoms with E-state index in [0.29, 0.717) is 13.1 Å². The maximum Gasteiger partial charge on any atom is 0.287 e. The van der Waals surface area contributed by atoms with Crippen LogP contribution in [0.1, 0.15) is 6.42 Å². The normalized spacial score (nSPS) is 9.30. The fourth-order valence-corrected chi connectivity index (χ4v) is 0.445. The zero-order chi connectivity index (χ0) is 7.82. The van der Waals surface area contributed by atoms with Gasteiger partial charge in [-0.15, -0.1) is 4.91 Å². The molecular weight excluding hydrogens is 136 g/mol. The van der Waals surface area contributed by atoms with Crippen LogP contribution in [0.3, 0.4) is 0 Å². The van der Waals surface area contributed by atoms with E-state index >= 15 is 0 Å². The van der Waals surface area contributed by atoms with Crippen molar-refractivity contribution in [2.45, 2.75) is 6.42 Å². The lowest BCUT2D eigenvalue weighted by atomic mass is 10.4. The largest absolute Gasteiger partial charge is 0.395 e. The number of aliphatic hydroxyl groups is 1. The first-order chi connectivity index (χ1) is 4.81. The SMILES string of the molecule is O=NC(=O)CCNCCO. The lowest BCUT2D eigenvalue weighted by molar-refractivity contribution is -0.117. The zero-order valence-electron chi connectivity index (χ0n) is 5.54. The van der Waals surface area contributed by atoms with Gasteiger partial charge in [0, 0.05) is 24.7 Å². The van der Waals surface area contributed by atoms with Crippen molar-refractivity contribution < 1.29 is 9.90 Å². The zero-order valence-corrected chi connectivity index (χ0v) is 5.54. The van der Waals surface area contributed by atoms with Gasteiger partial charge in [0.1, 0.15) is 0 Å². The fourth-order valence-electron chi connectivity index (χ4n) is 0.445. The number of hydrogen-bond donors (Lipinski definition) is 2. The lowest BCUT2D eigenvalue weighted by Gasteiger charge is -1.96. The summed E-state index contributed by atoms with van der Waals surface area (Å²) in [5.74, 6) is -0.662. The molecule has 0 radical (unpaired) electrons. The molecule has 0 rings (SSSR count). The Labute approximate surface area is 58.4 Å².